The fourth-order valence-corrected chi connectivity index (χ4v) is 3.98. The second-order valence-electron chi connectivity index (χ2n) is 8.10. The van der Waals surface area contributed by atoms with Gasteiger partial charge in [-0.25, -0.2) is 4.39 Å². The summed E-state index contributed by atoms with van der Waals surface area (Å²) in [5.41, 5.74) is 6.86. The number of nitrogens with two attached hydrogens (primary N) is 1. The van der Waals surface area contributed by atoms with E-state index in [0.29, 0.717) is 42.4 Å². The van der Waals surface area contributed by atoms with Crippen molar-refractivity contribution < 1.29 is 23.5 Å². The van der Waals surface area contributed by atoms with Gasteiger partial charge >= 0.3 is 0 Å². The van der Waals surface area contributed by atoms with E-state index in [-0.39, 0.29) is 17.1 Å². The zero-order valence-electron chi connectivity index (χ0n) is 18.1. The number of halogens is 1. The van der Waals surface area contributed by atoms with E-state index >= 15 is 0 Å². The lowest BCUT2D eigenvalue weighted by Crippen LogP contribution is -2.44. The fraction of sp³-hybridized carbons (Fsp3) is 0.231. The van der Waals surface area contributed by atoms with E-state index in [4.69, 9.17) is 15.2 Å². The average molecular weight is 448 g/mol. The Bertz CT molecular complexity index is 1110. The number of nitrogens with one attached hydrogen (secondary N) is 1. The molecule has 1 heterocycles. The van der Waals surface area contributed by atoms with E-state index < -0.39 is 5.91 Å². The molecule has 0 saturated carbocycles. The zero-order valence-corrected chi connectivity index (χ0v) is 18.1. The molecule has 1 aliphatic rings. The number of carbonyl (C=O) groups excluding carboxylic acids is 2. The summed E-state index contributed by atoms with van der Waals surface area (Å²) in [6.07, 6.45) is 1.50. The zero-order chi connectivity index (χ0) is 23.3. The monoisotopic (exact) mass is 448 g/mol. The molecule has 0 aliphatic carbocycles. The van der Waals surface area contributed by atoms with Gasteiger partial charge < -0.3 is 20.5 Å². The van der Waals surface area contributed by atoms with Crippen molar-refractivity contribution in [2.75, 3.05) is 19.8 Å². The Labute approximate surface area is 191 Å². The molecule has 3 aromatic carbocycles. The number of hydrogen-bond donors (Lipinski definition) is 2. The first-order chi connectivity index (χ1) is 15.9. The van der Waals surface area contributed by atoms with Gasteiger partial charge in [0.15, 0.2) is 0 Å². The number of benzene rings is 3. The van der Waals surface area contributed by atoms with Gasteiger partial charge in [0.1, 0.15) is 17.3 Å². The Morgan fingerprint density at radius 3 is 1.97 bits per heavy atom. The molecule has 3 N–H and O–H groups in total. The Morgan fingerprint density at radius 1 is 0.879 bits per heavy atom. The minimum absolute atomic E-state index is 0.194. The van der Waals surface area contributed by atoms with Crippen molar-refractivity contribution in [3.05, 3.63) is 95.3 Å². The van der Waals surface area contributed by atoms with Crippen molar-refractivity contribution in [1.82, 2.24) is 5.32 Å². The Kier molecular flexibility index (Phi) is 6.70. The molecular formula is C26H25FN2O4. The second kappa shape index (κ2) is 9.83. The lowest BCUT2D eigenvalue weighted by atomic mass is 9.74. The molecule has 7 heteroatoms. The largest absolute Gasteiger partial charge is 0.457 e. The SMILES string of the molecule is NC(=O)c1ccc(Oc2ccc(C(=O)NCC3(c4ccc(F)cc4)CCOCC3)cc2)cc1. The summed E-state index contributed by atoms with van der Waals surface area (Å²) in [4.78, 5) is 24.0. The summed E-state index contributed by atoms with van der Waals surface area (Å²) in [5, 5.41) is 3.04. The van der Waals surface area contributed by atoms with E-state index in [0.717, 1.165) is 18.4 Å². The van der Waals surface area contributed by atoms with Gasteiger partial charge in [0, 0.05) is 36.3 Å². The van der Waals surface area contributed by atoms with Crippen LogP contribution in [0.25, 0.3) is 0 Å². The normalized spacial score (nSPS) is 14.9. The fourth-order valence-electron chi connectivity index (χ4n) is 3.98. The van der Waals surface area contributed by atoms with Gasteiger partial charge in [-0.15, -0.1) is 0 Å². The Morgan fingerprint density at radius 2 is 1.42 bits per heavy atom. The first-order valence-corrected chi connectivity index (χ1v) is 10.7. The highest BCUT2D eigenvalue weighted by Crippen LogP contribution is 2.34. The van der Waals surface area contributed by atoms with E-state index in [1.54, 1.807) is 60.7 Å². The summed E-state index contributed by atoms with van der Waals surface area (Å²) in [6.45, 7) is 1.63. The van der Waals surface area contributed by atoms with Crippen molar-refractivity contribution in [1.29, 1.82) is 0 Å². The molecule has 0 unspecified atom stereocenters. The molecule has 3 aromatic rings. The number of rotatable bonds is 7. The molecule has 0 spiro atoms. The molecule has 0 atom stereocenters. The van der Waals surface area contributed by atoms with Crippen LogP contribution in [0.3, 0.4) is 0 Å². The van der Waals surface area contributed by atoms with Crippen LogP contribution in [-0.4, -0.2) is 31.6 Å². The van der Waals surface area contributed by atoms with E-state index in [9.17, 15) is 14.0 Å². The first-order valence-electron chi connectivity index (χ1n) is 10.7. The highest BCUT2D eigenvalue weighted by molar-refractivity contribution is 5.94. The van der Waals surface area contributed by atoms with Crippen molar-refractivity contribution in [3.63, 3.8) is 0 Å². The molecule has 0 bridgehead atoms. The highest BCUT2D eigenvalue weighted by atomic mass is 19.1. The number of amides is 2. The van der Waals surface area contributed by atoms with Gasteiger partial charge in [-0.1, -0.05) is 12.1 Å². The topological polar surface area (TPSA) is 90.7 Å². The Hall–Kier alpha value is -3.71. The maximum Gasteiger partial charge on any atom is 0.251 e. The number of primary amides is 1. The molecule has 6 nitrogen and oxygen atoms in total. The van der Waals surface area contributed by atoms with E-state index in [1.165, 1.54) is 12.1 Å². The van der Waals surface area contributed by atoms with Gasteiger partial charge in [0.05, 0.1) is 0 Å². The molecule has 2 amide bonds. The van der Waals surface area contributed by atoms with E-state index in [1.807, 2.05) is 0 Å². The standard InChI is InChI=1S/C26H25FN2O4/c27-21-7-5-20(6-8-21)26(13-15-32-16-14-26)17-29-25(31)19-3-11-23(12-4-19)33-22-9-1-18(2-10-22)24(28)30/h1-12H,13-17H2,(H2,28,30)(H,29,31). The highest BCUT2D eigenvalue weighted by Gasteiger charge is 2.35. The van der Waals surface area contributed by atoms with Crippen LogP contribution in [0.4, 0.5) is 4.39 Å². The van der Waals surface area contributed by atoms with Crippen LogP contribution in [0.15, 0.2) is 72.8 Å². The predicted octanol–water partition coefficient (Wildman–Crippen LogP) is 4.20. The van der Waals surface area contributed by atoms with Gasteiger partial charge in [-0.2, -0.15) is 0 Å². The predicted molar refractivity (Wildman–Crippen MR) is 122 cm³/mol. The van der Waals surface area contributed by atoms with Gasteiger partial charge in [-0.05, 0) is 79.1 Å². The first kappa shape index (κ1) is 22.5. The van der Waals surface area contributed by atoms with Crippen LogP contribution in [0.5, 0.6) is 11.5 Å². The van der Waals surface area contributed by atoms with Crippen LogP contribution in [0, 0.1) is 5.82 Å². The van der Waals surface area contributed by atoms with Gasteiger partial charge in [0.2, 0.25) is 5.91 Å². The maximum absolute atomic E-state index is 13.4. The van der Waals surface area contributed by atoms with Gasteiger partial charge in [-0.3, -0.25) is 9.59 Å². The second-order valence-corrected chi connectivity index (χ2v) is 8.10. The van der Waals surface area contributed by atoms with Crippen molar-refractivity contribution in [3.8, 4) is 11.5 Å². The molecular weight excluding hydrogens is 423 g/mol. The number of ether oxygens (including phenoxy) is 2. The third-order valence-electron chi connectivity index (χ3n) is 5.98. The van der Waals surface area contributed by atoms with Crippen molar-refractivity contribution in [2.24, 2.45) is 5.73 Å². The molecule has 0 aromatic heterocycles. The van der Waals surface area contributed by atoms with Crippen LogP contribution in [-0.2, 0) is 10.2 Å². The summed E-state index contributed by atoms with van der Waals surface area (Å²) < 4.78 is 24.7. The number of carbonyl (C=O) groups is 2. The lowest BCUT2D eigenvalue weighted by molar-refractivity contribution is 0.0487. The minimum Gasteiger partial charge on any atom is -0.457 e. The van der Waals surface area contributed by atoms with Crippen molar-refractivity contribution in [2.45, 2.75) is 18.3 Å². The van der Waals surface area contributed by atoms with Crippen LogP contribution in [0.2, 0.25) is 0 Å². The van der Waals surface area contributed by atoms with Gasteiger partial charge in [0.25, 0.3) is 5.91 Å². The molecule has 1 saturated heterocycles. The summed E-state index contributed by atoms with van der Waals surface area (Å²) in [5.74, 6) is 0.138. The third kappa shape index (κ3) is 5.38. The van der Waals surface area contributed by atoms with Crippen LogP contribution >= 0.6 is 0 Å². The molecule has 0 radical (unpaired) electrons. The molecule has 1 aliphatic heterocycles. The smallest absolute Gasteiger partial charge is 0.251 e. The molecule has 4 rings (SSSR count). The summed E-state index contributed by atoms with van der Waals surface area (Å²) in [7, 11) is 0. The van der Waals surface area contributed by atoms with Crippen LogP contribution < -0.4 is 15.8 Å². The molecule has 1 fully saturated rings. The minimum atomic E-state index is -0.501. The third-order valence-corrected chi connectivity index (χ3v) is 5.98. The maximum atomic E-state index is 13.4. The molecule has 33 heavy (non-hydrogen) atoms. The average Bonchev–Trinajstić information content (AvgIpc) is 2.84. The summed E-state index contributed by atoms with van der Waals surface area (Å²) in [6, 6.07) is 19.8. The quantitative estimate of drug-likeness (QED) is 0.567. The van der Waals surface area contributed by atoms with E-state index in [2.05, 4.69) is 5.32 Å². The van der Waals surface area contributed by atoms with Crippen molar-refractivity contribution >= 4 is 11.8 Å². The lowest BCUT2D eigenvalue weighted by Gasteiger charge is -2.38. The number of hydrogen-bond acceptors (Lipinski definition) is 4. The molecule has 170 valence electrons. The summed E-state index contributed by atoms with van der Waals surface area (Å²) >= 11 is 0. The van der Waals surface area contributed by atoms with Crippen LogP contribution in [0.1, 0.15) is 39.1 Å². The Balaban J connectivity index is 1.40.